The van der Waals surface area contributed by atoms with Crippen molar-refractivity contribution in [3.05, 3.63) is 41.7 Å². The molecule has 0 aliphatic carbocycles. The van der Waals surface area contributed by atoms with Gasteiger partial charge in [0.2, 0.25) is 0 Å². The third kappa shape index (κ3) is 5.02. The second kappa shape index (κ2) is 8.23. The van der Waals surface area contributed by atoms with Gasteiger partial charge in [0.1, 0.15) is 5.69 Å². The number of H-pyrrole nitrogens is 1. The second-order valence-corrected chi connectivity index (χ2v) is 6.24. The van der Waals surface area contributed by atoms with E-state index in [1.807, 2.05) is 0 Å². The highest BCUT2D eigenvalue weighted by Gasteiger charge is 2.33. The highest BCUT2D eigenvalue weighted by Crippen LogP contribution is 2.34. The molecule has 1 heterocycles. The fourth-order valence-corrected chi connectivity index (χ4v) is 2.89. The summed E-state index contributed by atoms with van der Waals surface area (Å²) in [6.45, 7) is 2.11. The number of unbranched alkanes of at least 4 members (excludes halogenated alkanes) is 2. The van der Waals surface area contributed by atoms with Crippen molar-refractivity contribution in [1.82, 2.24) is 9.97 Å². The highest BCUT2D eigenvalue weighted by atomic mass is 32.2. The van der Waals surface area contributed by atoms with Crippen molar-refractivity contribution in [1.29, 1.82) is 0 Å². The van der Waals surface area contributed by atoms with Crippen LogP contribution in [-0.2, 0) is 6.18 Å². The van der Waals surface area contributed by atoms with Gasteiger partial charge >= 0.3 is 6.18 Å². The summed E-state index contributed by atoms with van der Waals surface area (Å²) in [6.07, 6.45) is 0.0778. The normalized spacial score (nSPS) is 11.5. The van der Waals surface area contributed by atoms with E-state index in [9.17, 15) is 18.0 Å². The maximum Gasteiger partial charge on any atom is 0.418 e. The summed E-state index contributed by atoms with van der Waals surface area (Å²) >= 11 is 1.49. The number of alkyl halides is 3. The average Bonchev–Trinajstić information content (AvgIpc) is 3.00. The Morgan fingerprint density at radius 1 is 1.29 bits per heavy atom. The van der Waals surface area contributed by atoms with Gasteiger partial charge in [0, 0.05) is 5.75 Å². The molecular weight excluding hydrogens is 339 g/mol. The Kier molecular flexibility index (Phi) is 6.30. The lowest BCUT2D eigenvalue weighted by molar-refractivity contribution is -0.136. The molecule has 0 fully saturated rings. The maximum atomic E-state index is 12.9. The summed E-state index contributed by atoms with van der Waals surface area (Å²) in [7, 11) is 0. The monoisotopic (exact) mass is 357 g/mol. The van der Waals surface area contributed by atoms with Crippen LogP contribution in [-0.4, -0.2) is 21.6 Å². The topological polar surface area (TPSA) is 57.8 Å². The molecule has 2 N–H and O–H groups in total. The van der Waals surface area contributed by atoms with Gasteiger partial charge in [-0.2, -0.15) is 13.2 Å². The number of hydrogen-bond donors (Lipinski definition) is 2. The van der Waals surface area contributed by atoms with Crippen molar-refractivity contribution < 1.29 is 18.0 Å². The third-order valence-corrected chi connectivity index (χ3v) is 4.24. The van der Waals surface area contributed by atoms with E-state index < -0.39 is 17.6 Å². The minimum absolute atomic E-state index is 0.130. The van der Waals surface area contributed by atoms with Crippen molar-refractivity contribution in [3.63, 3.8) is 0 Å². The van der Waals surface area contributed by atoms with E-state index in [1.54, 1.807) is 0 Å². The van der Waals surface area contributed by atoms with Crippen molar-refractivity contribution >= 4 is 23.4 Å². The molecule has 1 aromatic carbocycles. The van der Waals surface area contributed by atoms with Crippen molar-refractivity contribution in [2.75, 3.05) is 11.1 Å². The molecule has 8 heteroatoms. The number of carbonyl (C=O) groups is 1. The number of para-hydroxylation sites is 1. The van der Waals surface area contributed by atoms with Gasteiger partial charge in [-0.15, -0.1) is 0 Å². The predicted octanol–water partition coefficient (Wildman–Crippen LogP) is 4.96. The van der Waals surface area contributed by atoms with E-state index in [4.69, 9.17) is 0 Å². The zero-order valence-corrected chi connectivity index (χ0v) is 13.9. The summed E-state index contributed by atoms with van der Waals surface area (Å²) in [5, 5.41) is 2.87. The smallest absolute Gasteiger partial charge is 0.329 e. The zero-order valence-electron chi connectivity index (χ0n) is 13.1. The average molecular weight is 357 g/mol. The first-order chi connectivity index (χ1) is 11.4. The number of halogens is 3. The van der Waals surface area contributed by atoms with Gasteiger partial charge in [0.05, 0.1) is 17.4 Å². The van der Waals surface area contributed by atoms with Gasteiger partial charge in [-0.25, -0.2) is 4.98 Å². The number of anilines is 1. The van der Waals surface area contributed by atoms with Gasteiger partial charge in [-0.05, 0) is 18.6 Å². The summed E-state index contributed by atoms with van der Waals surface area (Å²) in [5.41, 5.74) is -1.03. The Labute approximate surface area is 142 Å². The number of rotatable bonds is 7. The van der Waals surface area contributed by atoms with E-state index in [1.165, 1.54) is 36.2 Å². The molecular formula is C16H18F3N3OS. The number of imidazole rings is 1. The van der Waals surface area contributed by atoms with Crippen LogP contribution in [0.5, 0.6) is 0 Å². The number of aromatic amines is 1. The number of aromatic nitrogens is 2. The van der Waals surface area contributed by atoms with Crippen molar-refractivity contribution in [3.8, 4) is 0 Å². The van der Waals surface area contributed by atoms with Crippen LogP contribution in [0.3, 0.4) is 0 Å². The van der Waals surface area contributed by atoms with Crippen LogP contribution < -0.4 is 5.32 Å². The fourth-order valence-electron chi connectivity index (χ4n) is 2.04. The molecule has 0 aliphatic rings. The van der Waals surface area contributed by atoms with Crippen molar-refractivity contribution in [2.45, 2.75) is 37.5 Å². The van der Waals surface area contributed by atoms with Crippen LogP contribution in [0.15, 0.2) is 35.6 Å². The standard InChI is InChI=1S/C16H18F3N3OS/c1-2-3-6-9-24-15-20-10-13(22-15)14(23)21-12-8-5-4-7-11(12)16(17,18)19/h4-5,7-8,10H,2-3,6,9H2,1H3,(H,20,22)(H,21,23). The molecule has 2 rings (SSSR count). The molecule has 130 valence electrons. The zero-order chi connectivity index (χ0) is 17.6. The Bertz CT molecular complexity index is 685. The predicted molar refractivity (Wildman–Crippen MR) is 88.2 cm³/mol. The summed E-state index contributed by atoms with van der Waals surface area (Å²) in [5.74, 6) is 0.221. The number of thioether (sulfide) groups is 1. The third-order valence-electron chi connectivity index (χ3n) is 3.26. The molecule has 0 saturated carbocycles. The number of nitrogens with zero attached hydrogens (tertiary/aromatic N) is 1. The Hall–Kier alpha value is -1.96. The van der Waals surface area contributed by atoms with Crippen LogP contribution in [0, 0.1) is 0 Å². The number of carbonyl (C=O) groups excluding carboxylic acids is 1. The largest absolute Gasteiger partial charge is 0.418 e. The molecule has 1 aromatic heterocycles. The quantitative estimate of drug-likeness (QED) is 0.544. The molecule has 2 aromatic rings. The summed E-state index contributed by atoms with van der Waals surface area (Å²) < 4.78 is 38.8. The second-order valence-electron chi connectivity index (χ2n) is 5.16. The van der Waals surface area contributed by atoms with Crippen LogP contribution in [0.4, 0.5) is 18.9 Å². The lowest BCUT2D eigenvalue weighted by Crippen LogP contribution is -2.16. The molecule has 0 unspecified atom stereocenters. The molecule has 24 heavy (non-hydrogen) atoms. The molecule has 4 nitrogen and oxygen atoms in total. The molecule has 0 aliphatic heterocycles. The Balaban J connectivity index is 2.02. The van der Waals surface area contributed by atoms with Crippen LogP contribution in [0.1, 0.15) is 42.2 Å². The van der Waals surface area contributed by atoms with E-state index in [0.29, 0.717) is 5.16 Å². The van der Waals surface area contributed by atoms with Crippen LogP contribution >= 0.6 is 11.8 Å². The minimum atomic E-state index is -4.53. The summed E-state index contributed by atoms with van der Waals surface area (Å²) in [6, 6.07) is 4.86. The molecule has 0 spiro atoms. The summed E-state index contributed by atoms with van der Waals surface area (Å²) in [4.78, 5) is 19.0. The van der Waals surface area contributed by atoms with Gasteiger partial charge in [0.25, 0.3) is 5.91 Å². The van der Waals surface area contributed by atoms with Gasteiger partial charge in [-0.1, -0.05) is 43.7 Å². The van der Waals surface area contributed by atoms with E-state index in [2.05, 4.69) is 22.2 Å². The first-order valence-corrected chi connectivity index (χ1v) is 8.55. The number of hydrogen-bond acceptors (Lipinski definition) is 3. The number of amides is 1. The fraction of sp³-hybridized carbons (Fsp3) is 0.375. The van der Waals surface area contributed by atoms with Crippen LogP contribution in [0.2, 0.25) is 0 Å². The molecule has 0 bridgehead atoms. The first kappa shape index (κ1) is 18.4. The molecule has 0 atom stereocenters. The maximum absolute atomic E-state index is 12.9. The van der Waals surface area contributed by atoms with Gasteiger partial charge in [-0.3, -0.25) is 4.79 Å². The Morgan fingerprint density at radius 2 is 2.04 bits per heavy atom. The van der Waals surface area contributed by atoms with Gasteiger partial charge in [0.15, 0.2) is 5.16 Å². The molecule has 1 amide bonds. The minimum Gasteiger partial charge on any atom is -0.329 e. The first-order valence-electron chi connectivity index (χ1n) is 7.57. The lowest BCUT2D eigenvalue weighted by atomic mass is 10.1. The highest BCUT2D eigenvalue weighted by molar-refractivity contribution is 7.99. The SMILES string of the molecule is CCCCCSc1ncc(C(=O)Nc2ccccc2C(F)(F)F)[nH]1. The molecule has 0 saturated heterocycles. The van der Waals surface area contributed by atoms with Crippen LogP contribution in [0.25, 0.3) is 0 Å². The van der Waals surface area contributed by atoms with E-state index in [-0.39, 0.29) is 11.4 Å². The van der Waals surface area contributed by atoms with E-state index in [0.717, 1.165) is 31.1 Å². The van der Waals surface area contributed by atoms with E-state index >= 15 is 0 Å². The lowest BCUT2D eigenvalue weighted by Gasteiger charge is -2.12. The number of nitrogens with one attached hydrogen (secondary N) is 2. The number of benzene rings is 1. The van der Waals surface area contributed by atoms with Crippen molar-refractivity contribution in [2.24, 2.45) is 0 Å². The van der Waals surface area contributed by atoms with Gasteiger partial charge < -0.3 is 10.3 Å². The Morgan fingerprint density at radius 3 is 2.75 bits per heavy atom. The molecule has 0 radical (unpaired) electrons.